The van der Waals surface area contributed by atoms with E-state index in [1.165, 1.54) is 43.8 Å². The molecule has 0 bridgehead atoms. The minimum absolute atomic E-state index is 0.893. The Morgan fingerprint density at radius 3 is 1.62 bits per heavy atom. The van der Waals surface area contributed by atoms with Crippen LogP contribution in [0.15, 0.2) is 217 Å². The normalized spacial score (nSPS) is 11.6. The summed E-state index contributed by atoms with van der Waals surface area (Å²) in [7, 11) is 0. The molecule has 11 aromatic rings. The van der Waals surface area contributed by atoms with Crippen molar-refractivity contribution in [3.8, 4) is 33.4 Å². The molecule has 10 aromatic carbocycles. The second kappa shape index (κ2) is 13.2. The molecule has 1 aromatic heterocycles. The molecule has 0 fully saturated rings. The van der Waals surface area contributed by atoms with Gasteiger partial charge in [-0.1, -0.05) is 176 Å². The maximum Gasteiger partial charge on any atom is 0.143 e. The molecule has 0 N–H and O–H groups in total. The van der Waals surface area contributed by atoms with Crippen LogP contribution in [0.5, 0.6) is 0 Å². The van der Waals surface area contributed by atoms with Crippen molar-refractivity contribution < 1.29 is 4.42 Å². The first-order chi connectivity index (χ1) is 27.8. The minimum Gasteiger partial charge on any atom is -0.455 e. The summed E-state index contributed by atoms with van der Waals surface area (Å²) < 4.78 is 6.65. The lowest BCUT2D eigenvalue weighted by molar-refractivity contribution is 0.673. The van der Waals surface area contributed by atoms with E-state index in [0.717, 1.165) is 60.9 Å². The predicted molar refractivity (Wildman–Crippen MR) is 237 cm³/mol. The van der Waals surface area contributed by atoms with E-state index in [9.17, 15) is 0 Å². The number of benzene rings is 10. The smallest absolute Gasteiger partial charge is 0.143 e. The molecule has 0 radical (unpaired) electrons. The Hall–Kier alpha value is -7.42. The first kappa shape index (κ1) is 32.0. The molecule has 2 nitrogen and oxygen atoms in total. The van der Waals surface area contributed by atoms with Gasteiger partial charge in [-0.3, -0.25) is 0 Å². The van der Waals surface area contributed by atoms with Crippen molar-refractivity contribution in [1.82, 2.24) is 0 Å². The maximum atomic E-state index is 6.65. The molecule has 2 heteroatoms. The van der Waals surface area contributed by atoms with Crippen molar-refractivity contribution in [2.45, 2.75) is 0 Å². The van der Waals surface area contributed by atoms with Gasteiger partial charge in [0, 0.05) is 32.8 Å². The molecule has 262 valence electrons. The van der Waals surface area contributed by atoms with Gasteiger partial charge in [-0.2, -0.15) is 0 Å². The zero-order valence-corrected chi connectivity index (χ0v) is 30.6. The summed E-state index contributed by atoms with van der Waals surface area (Å²) in [6.45, 7) is 0. The number of rotatable bonds is 6. The molecule has 0 spiro atoms. The zero-order chi connectivity index (χ0) is 37.0. The van der Waals surface area contributed by atoms with E-state index in [1.807, 2.05) is 6.07 Å². The van der Waals surface area contributed by atoms with Gasteiger partial charge in [-0.05, 0) is 85.8 Å². The molecular formula is C54H35NO. The highest BCUT2D eigenvalue weighted by Gasteiger charge is 2.23. The fourth-order valence-corrected chi connectivity index (χ4v) is 8.60. The third-order valence-corrected chi connectivity index (χ3v) is 11.3. The first-order valence-electron chi connectivity index (χ1n) is 19.2. The first-order valence-corrected chi connectivity index (χ1v) is 19.2. The van der Waals surface area contributed by atoms with Gasteiger partial charge in [-0.25, -0.2) is 0 Å². The standard InChI is InChI=1S/C54H35NO/c1-4-18-43-38(13-1)16-11-23-44(43)40-29-27-36(28-30-40)37-31-33-42(34-32-37)55(50-25-12-17-39-14-2-5-19-45(39)50)51-24-9-7-21-47(51)49-35-41-15-3-6-20-46(41)54-53(49)48-22-8-10-26-52(48)56-54/h1-35H. The van der Waals surface area contributed by atoms with Crippen LogP contribution in [0.2, 0.25) is 0 Å². The number of para-hydroxylation sites is 2. The van der Waals surface area contributed by atoms with E-state index in [2.05, 4.69) is 211 Å². The van der Waals surface area contributed by atoms with Crippen molar-refractivity contribution in [2.75, 3.05) is 4.90 Å². The van der Waals surface area contributed by atoms with Crippen molar-refractivity contribution in [1.29, 1.82) is 0 Å². The number of fused-ring (bicyclic) bond motifs is 7. The zero-order valence-electron chi connectivity index (χ0n) is 30.6. The van der Waals surface area contributed by atoms with Gasteiger partial charge in [0.1, 0.15) is 11.2 Å². The Morgan fingerprint density at radius 1 is 0.321 bits per heavy atom. The van der Waals surface area contributed by atoms with Gasteiger partial charge >= 0.3 is 0 Å². The highest BCUT2D eigenvalue weighted by atomic mass is 16.3. The predicted octanol–water partition coefficient (Wildman–Crippen LogP) is 15.5. The van der Waals surface area contributed by atoms with Gasteiger partial charge in [0.2, 0.25) is 0 Å². The second-order valence-electron chi connectivity index (χ2n) is 14.4. The molecule has 0 aliphatic rings. The van der Waals surface area contributed by atoms with Gasteiger partial charge in [0.15, 0.2) is 0 Å². The van der Waals surface area contributed by atoms with E-state index in [-0.39, 0.29) is 0 Å². The van der Waals surface area contributed by atoms with Crippen LogP contribution in [0.1, 0.15) is 0 Å². The minimum atomic E-state index is 0.893. The molecule has 1 heterocycles. The summed E-state index contributed by atoms with van der Waals surface area (Å²) in [5.74, 6) is 0. The van der Waals surface area contributed by atoms with E-state index < -0.39 is 0 Å². The molecular weight excluding hydrogens is 679 g/mol. The quantitative estimate of drug-likeness (QED) is 0.171. The summed E-state index contributed by atoms with van der Waals surface area (Å²) >= 11 is 0. The highest BCUT2D eigenvalue weighted by molar-refractivity contribution is 6.22. The van der Waals surface area contributed by atoms with Crippen LogP contribution in [0.3, 0.4) is 0 Å². The summed E-state index contributed by atoms with van der Waals surface area (Å²) in [5, 5.41) is 9.43. The Kier molecular flexibility index (Phi) is 7.53. The van der Waals surface area contributed by atoms with Crippen LogP contribution in [0.4, 0.5) is 17.1 Å². The SMILES string of the molecule is c1ccc(N(c2ccc(-c3ccc(-c4cccc5ccccc45)cc3)cc2)c2cccc3ccccc23)c(-c2cc3ccccc3c3oc4ccccc4c23)c1. The van der Waals surface area contributed by atoms with Crippen molar-refractivity contribution in [3.63, 3.8) is 0 Å². The van der Waals surface area contributed by atoms with Gasteiger partial charge in [0.05, 0.1) is 11.4 Å². The molecule has 56 heavy (non-hydrogen) atoms. The van der Waals surface area contributed by atoms with E-state index >= 15 is 0 Å². The average Bonchev–Trinajstić information content (AvgIpc) is 3.67. The van der Waals surface area contributed by atoms with Crippen LogP contribution >= 0.6 is 0 Å². The summed E-state index contributed by atoms with van der Waals surface area (Å²) in [6.07, 6.45) is 0. The molecule has 0 saturated carbocycles. The average molecular weight is 714 g/mol. The molecule has 0 saturated heterocycles. The summed E-state index contributed by atoms with van der Waals surface area (Å²) in [6, 6.07) is 76.5. The lowest BCUT2D eigenvalue weighted by Gasteiger charge is -2.29. The van der Waals surface area contributed by atoms with Gasteiger partial charge in [-0.15, -0.1) is 0 Å². The summed E-state index contributed by atoms with van der Waals surface area (Å²) in [5.41, 5.74) is 12.2. The molecule has 0 aliphatic carbocycles. The van der Waals surface area contributed by atoms with Crippen molar-refractivity contribution in [3.05, 3.63) is 212 Å². The van der Waals surface area contributed by atoms with Crippen LogP contribution in [-0.2, 0) is 0 Å². The van der Waals surface area contributed by atoms with E-state index in [0.29, 0.717) is 0 Å². The van der Waals surface area contributed by atoms with Gasteiger partial charge in [0.25, 0.3) is 0 Å². The van der Waals surface area contributed by atoms with E-state index in [4.69, 9.17) is 4.42 Å². The monoisotopic (exact) mass is 713 g/mol. The lowest BCUT2D eigenvalue weighted by atomic mass is 9.93. The number of nitrogens with zero attached hydrogens (tertiary/aromatic N) is 1. The van der Waals surface area contributed by atoms with Gasteiger partial charge < -0.3 is 9.32 Å². The van der Waals surface area contributed by atoms with Crippen LogP contribution in [-0.4, -0.2) is 0 Å². The van der Waals surface area contributed by atoms with E-state index in [1.54, 1.807) is 0 Å². The lowest BCUT2D eigenvalue weighted by Crippen LogP contribution is -2.11. The Bertz CT molecular complexity index is 3230. The van der Waals surface area contributed by atoms with Crippen molar-refractivity contribution in [2.24, 2.45) is 0 Å². The summed E-state index contributed by atoms with van der Waals surface area (Å²) in [4.78, 5) is 2.42. The third kappa shape index (κ3) is 5.26. The topological polar surface area (TPSA) is 16.4 Å². The Balaban J connectivity index is 1.07. The molecule has 0 aliphatic heterocycles. The van der Waals surface area contributed by atoms with Crippen LogP contribution < -0.4 is 4.90 Å². The molecule has 0 amide bonds. The Morgan fingerprint density at radius 2 is 0.839 bits per heavy atom. The maximum absolute atomic E-state index is 6.65. The number of hydrogen-bond acceptors (Lipinski definition) is 2. The van der Waals surface area contributed by atoms with Crippen LogP contribution in [0.25, 0.3) is 87.6 Å². The number of anilines is 3. The second-order valence-corrected chi connectivity index (χ2v) is 14.4. The third-order valence-electron chi connectivity index (χ3n) is 11.3. The largest absolute Gasteiger partial charge is 0.455 e. The molecule has 0 atom stereocenters. The Labute approximate surface area is 325 Å². The van der Waals surface area contributed by atoms with Crippen molar-refractivity contribution >= 4 is 71.3 Å². The molecule has 0 unspecified atom stereocenters. The number of hydrogen-bond donors (Lipinski definition) is 0. The number of furan rings is 1. The fourth-order valence-electron chi connectivity index (χ4n) is 8.60. The highest BCUT2D eigenvalue weighted by Crippen LogP contribution is 2.48. The fraction of sp³-hybridized carbons (Fsp3) is 0. The van der Waals surface area contributed by atoms with Crippen LogP contribution in [0, 0.1) is 0 Å². The molecule has 11 rings (SSSR count).